The van der Waals surface area contributed by atoms with Crippen LogP contribution in [0.5, 0.6) is 0 Å². The third kappa shape index (κ3) is 4.19. The quantitative estimate of drug-likeness (QED) is 0.613. The van der Waals surface area contributed by atoms with E-state index in [1.54, 1.807) is 25.1 Å². The summed E-state index contributed by atoms with van der Waals surface area (Å²) in [6.07, 6.45) is 6.09. The van der Waals surface area contributed by atoms with Crippen molar-refractivity contribution >= 4 is 29.0 Å². The second-order valence-electron chi connectivity index (χ2n) is 6.38. The Morgan fingerprint density at radius 1 is 1.23 bits per heavy atom. The number of thiocarbonyl (C=S) groups is 1. The monoisotopic (exact) mass is 369 g/mol. The number of nitrogens with zero attached hydrogens (tertiary/aromatic N) is 1. The first-order chi connectivity index (χ1) is 12.6. The Morgan fingerprint density at radius 2 is 2.04 bits per heavy atom. The summed E-state index contributed by atoms with van der Waals surface area (Å²) in [5.74, 6) is -0.337. The van der Waals surface area contributed by atoms with E-state index in [1.165, 1.54) is 0 Å². The summed E-state index contributed by atoms with van der Waals surface area (Å²) in [6, 6.07) is 13.1. The molecule has 3 rings (SSSR count). The molecule has 0 bridgehead atoms. The Labute approximate surface area is 159 Å². The smallest absolute Gasteiger partial charge is 0.338 e. The standard InChI is InChI=1S/C20H23N3O2S/c1-2-25-18(24)15-8-7-9-16(14-15)22-19(26)23-20(11-4-5-12-20)17-10-3-6-13-21-17/h3,6-10,13-14H,2,4-5,11-12H2,1H3,(H2,22,23,26). The average Bonchev–Trinajstić information content (AvgIpc) is 3.12. The van der Waals surface area contributed by atoms with Crippen molar-refractivity contribution in [1.29, 1.82) is 0 Å². The van der Waals surface area contributed by atoms with Crippen molar-refractivity contribution in [2.75, 3.05) is 11.9 Å². The molecular formula is C20H23N3O2S. The van der Waals surface area contributed by atoms with Gasteiger partial charge in [0.25, 0.3) is 0 Å². The zero-order valence-corrected chi connectivity index (χ0v) is 15.6. The predicted molar refractivity (Wildman–Crippen MR) is 106 cm³/mol. The summed E-state index contributed by atoms with van der Waals surface area (Å²) in [5.41, 5.74) is 2.04. The van der Waals surface area contributed by atoms with Gasteiger partial charge in [0.2, 0.25) is 0 Å². The van der Waals surface area contributed by atoms with Gasteiger partial charge in [-0.25, -0.2) is 4.79 Å². The van der Waals surface area contributed by atoms with Gasteiger partial charge in [0.15, 0.2) is 5.11 Å². The lowest BCUT2D eigenvalue weighted by Crippen LogP contribution is -2.46. The lowest BCUT2D eigenvalue weighted by molar-refractivity contribution is 0.0526. The first-order valence-electron chi connectivity index (χ1n) is 8.91. The maximum atomic E-state index is 11.9. The molecule has 5 nitrogen and oxygen atoms in total. The molecule has 1 aliphatic rings. The van der Waals surface area contributed by atoms with Gasteiger partial charge in [-0.2, -0.15) is 0 Å². The lowest BCUT2D eigenvalue weighted by Gasteiger charge is -2.31. The molecule has 0 spiro atoms. The van der Waals surface area contributed by atoms with Gasteiger partial charge < -0.3 is 15.4 Å². The van der Waals surface area contributed by atoms with Crippen LogP contribution in [0, 0.1) is 0 Å². The van der Waals surface area contributed by atoms with Gasteiger partial charge in [-0.3, -0.25) is 4.98 Å². The topological polar surface area (TPSA) is 63.2 Å². The number of nitrogens with one attached hydrogen (secondary N) is 2. The molecule has 2 N–H and O–H groups in total. The molecule has 0 unspecified atom stereocenters. The van der Waals surface area contributed by atoms with Gasteiger partial charge in [0.05, 0.1) is 23.4 Å². The number of ether oxygens (including phenoxy) is 1. The van der Waals surface area contributed by atoms with Gasteiger partial charge in [-0.05, 0) is 62.3 Å². The SMILES string of the molecule is CCOC(=O)c1cccc(NC(=S)NC2(c3ccccn3)CCCC2)c1. The van der Waals surface area contributed by atoms with E-state index < -0.39 is 0 Å². The van der Waals surface area contributed by atoms with E-state index in [-0.39, 0.29) is 11.5 Å². The van der Waals surface area contributed by atoms with Crippen LogP contribution < -0.4 is 10.6 Å². The van der Waals surface area contributed by atoms with Crippen LogP contribution in [0.25, 0.3) is 0 Å². The summed E-state index contributed by atoms with van der Waals surface area (Å²) < 4.78 is 5.05. The number of rotatable bonds is 5. The van der Waals surface area contributed by atoms with E-state index in [0.717, 1.165) is 37.1 Å². The Kier molecular flexibility index (Phi) is 5.83. The first-order valence-corrected chi connectivity index (χ1v) is 9.32. The molecular weight excluding hydrogens is 346 g/mol. The second kappa shape index (κ2) is 8.27. The molecule has 0 atom stereocenters. The number of pyridine rings is 1. The molecule has 1 saturated carbocycles. The van der Waals surface area contributed by atoms with Gasteiger partial charge in [0.1, 0.15) is 0 Å². The minimum atomic E-state index is -0.337. The summed E-state index contributed by atoms with van der Waals surface area (Å²) in [4.78, 5) is 16.4. The summed E-state index contributed by atoms with van der Waals surface area (Å²) >= 11 is 5.54. The highest BCUT2D eigenvalue weighted by atomic mass is 32.1. The van der Waals surface area contributed by atoms with Gasteiger partial charge in [-0.15, -0.1) is 0 Å². The molecule has 136 valence electrons. The normalized spacial score (nSPS) is 15.3. The van der Waals surface area contributed by atoms with Crippen LogP contribution in [0.2, 0.25) is 0 Å². The van der Waals surface area contributed by atoms with Crippen LogP contribution in [0.15, 0.2) is 48.7 Å². The van der Waals surface area contributed by atoms with Crippen molar-refractivity contribution in [2.24, 2.45) is 0 Å². The minimum absolute atomic E-state index is 0.232. The van der Waals surface area contributed by atoms with E-state index in [4.69, 9.17) is 17.0 Å². The molecule has 0 amide bonds. The van der Waals surface area contributed by atoms with Crippen molar-refractivity contribution < 1.29 is 9.53 Å². The largest absolute Gasteiger partial charge is 0.462 e. The van der Waals surface area contributed by atoms with Gasteiger partial charge in [0, 0.05) is 11.9 Å². The molecule has 1 aromatic heterocycles. The fourth-order valence-electron chi connectivity index (χ4n) is 3.39. The fourth-order valence-corrected chi connectivity index (χ4v) is 3.70. The summed E-state index contributed by atoms with van der Waals surface area (Å²) in [5, 5.41) is 7.18. The molecule has 1 heterocycles. The fraction of sp³-hybridized carbons (Fsp3) is 0.350. The van der Waals surface area contributed by atoms with E-state index in [1.807, 2.05) is 30.5 Å². The van der Waals surface area contributed by atoms with E-state index >= 15 is 0 Å². The summed E-state index contributed by atoms with van der Waals surface area (Å²) in [7, 11) is 0. The Bertz CT molecular complexity index is 774. The van der Waals surface area contributed by atoms with Crippen molar-refractivity contribution in [3.05, 3.63) is 59.9 Å². The minimum Gasteiger partial charge on any atom is -0.462 e. The third-order valence-electron chi connectivity index (χ3n) is 4.60. The number of aromatic nitrogens is 1. The Hall–Kier alpha value is -2.47. The maximum Gasteiger partial charge on any atom is 0.338 e. The highest BCUT2D eigenvalue weighted by Gasteiger charge is 2.37. The highest BCUT2D eigenvalue weighted by Crippen LogP contribution is 2.37. The van der Waals surface area contributed by atoms with Gasteiger partial charge in [-0.1, -0.05) is 25.0 Å². The van der Waals surface area contributed by atoms with Crippen LogP contribution in [0.4, 0.5) is 5.69 Å². The Morgan fingerprint density at radius 3 is 2.73 bits per heavy atom. The van der Waals surface area contributed by atoms with E-state index in [0.29, 0.717) is 17.3 Å². The molecule has 1 aromatic carbocycles. The first kappa shape index (κ1) is 18.3. The number of carbonyl (C=O) groups excluding carboxylic acids is 1. The molecule has 0 saturated heterocycles. The molecule has 0 radical (unpaired) electrons. The van der Waals surface area contributed by atoms with Crippen molar-refractivity contribution in [3.63, 3.8) is 0 Å². The predicted octanol–water partition coefficient (Wildman–Crippen LogP) is 4.01. The summed E-state index contributed by atoms with van der Waals surface area (Å²) in [6.45, 7) is 2.14. The molecule has 6 heteroatoms. The molecule has 1 aliphatic carbocycles. The van der Waals surface area contributed by atoms with Crippen molar-refractivity contribution in [2.45, 2.75) is 38.1 Å². The average molecular weight is 369 g/mol. The zero-order valence-electron chi connectivity index (χ0n) is 14.8. The second-order valence-corrected chi connectivity index (χ2v) is 6.79. The lowest BCUT2D eigenvalue weighted by atomic mass is 9.93. The van der Waals surface area contributed by atoms with E-state index in [2.05, 4.69) is 15.6 Å². The number of hydrogen-bond donors (Lipinski definition) is 2. The number of carbonyl (C=O) groups is 1. The van der Waals surface area contributed by atoms with Crippen LogP contribution in [-0.2, 0) is 10.3 Å². The molecule has 2 aromatic rings. The van der Waals surface area contributed by atoms with Crippen molar-refractivity contribution in [1.82, 2.24) is 10.3 Å². The number of hydrogen-bond acceptors (Lipinski definition) is 4. The number of esters is 1. The maximum absolute atomic E-state index is 11.9. The van der Waals surface area contributed by atoms with Crippen LogP contribution in [0.3, 0.4) is 0 Å². The van der Waals surface area contributed by atoms with Gasteiger partial charge >= 0.3 is 5.97 Å². The van der Waals surface area contributed by atoms with E-state index in [9.17, 15) is 4.79 Å². The van der Waals surface area contributed by atoms with Crippen LogP contribution >= 0.6 is 12.2 Å². The highest BCUT2D eigenvalue weighted by molar-refractivity contribution is 7.80. The van der Waals surface area contributed by atoms with Crippen LogP contribution in [0.1, 0.15) is 48.7 Å². The Balaban J connectivity index is 1.72. The number of anilines is 1. The third-order valence-corrected chi connectivity index (χ3v) is 4.80. The van der Waals surface area contributed by atoms with Crippen LogP contribution in [-0.4, -0.2) is 22.7 Å². The molecule has 26 heavy (non-hydrogen) atoms. The number of benzene rings is 1. The molecule has 1 fully saturated rings. The molecule has 0 aliphatic heterocycles. The van der Waals surface area contributed by atoms with Crippen molar-refractivity contribution in [3.8, 4) is 0 Å². The zero-order chi connectivity index (χ0) is 18.4.